The summed E-state index contributed by atoms with van der Waals surface area (Å²) < 4.78 is 6.61. The maximum absolute atomic E-state index is 12.4. The predicted octanol–water partition coefficient (Wildman–Crippen LogP) is 4.81. The third-order valence-electron chi connectivity index (χ3n) is 3.15. The summed E-state index contributed by atoms with van der Waals surface area (Å²) in [5.74, 6) is 0.106. The molecule has 1 amide bonds. The first-order valence-electron chi connectivity index (χ1n) is 6.89. The van der Waals surface area contributed by atoms with Gasteiger partial charge in [0.2, 0.25) is 0 Å². The number of carbonyl (C=O) groups is 1. The maximum Gasteiger partial charge on any atom is 0.271 e. The zero-order valence-electron chi connectivity index (χ0n) is 12.9. The van der Waals surface area contributed by atoms with E-state index >= 15 is 0 Å². The largest absolute Gasteiger partial charge is 0.478 e. The van der Waals surface area contributed by atoms with Gasteiger partial charge in [0.25, 0.3) is 11.6 Å². The van der Waals surface area contributed by atoms with Crippen LogP contribution in [0, 0.1) is 10.1 Å². The van der Waals surface area contributed by atoms with Crippen LogP contribution in [0.25, 0.3) is 0 Å². The molecule has 0 aliphatic carbocycles. The van der Waals surface area contributed by atoms with Gasteiger partial charge in [-0.2, -0.15) is 0 Å². The van der Waals surface area contributed by atoms with Crippen LogP contribution in [0.5, 0.6) is 5.75 Å². The van der Waals surface area contributed by atoms with E-state index < -0.39 is 16.4 Å². The lowest BCUT2D eigenvalue weighted by atomic mass is 10.1. The van der Waals surface area contributed by atoms with E-state index in [2.05, 4.69) is 21.2 Å². The van der Waals surface area contributed by atoms with Crippen molar-refractivity contribution < 1.29 is 14.5 Å². The summed E-state index contributed by atoms with van der Waals surface area (Å²) >= 11 is 9.30. The van der Waals surface area contributed by atoms with Gasteiger partial charge in [-0.15, -0.1) is 0 Å². The van der Waals surface area contributed by atoms with E-state index in [1.807, 2.05) is 0 Å². The second-order valence-corrected chi connectivity index (χ2v) is 6.76. The van der Waals surface area contributed by atoms with Gasteiger partial charge in [0.1, 0.15) is 5.75 Å². The smallest absolute Gasteiger partial charge is 0.271 e. The third kappa shape index (κ3) is 4.46. The minimum Gasteiger partial charge on any atom is -0.478 e. The molecule has 0 aliphatic rings. The van der Waals surface area contributed by atoms with E-state index in [4.69, 9.17) is 16.3 Å². The summed E-state index contributed by atoms with van der Waals surface area (Å²) in [6, 6.07) is 10.9. The van der Waals surface area contributed by atoms with Gasteiger partial charge in [-0.25, -0.2) is 0 Å². The van der Waals surface area contributed by atoms with Crippen LogP contribution in [-0.2, 0) is 4.79 Å². The molecule has 2 rings (SSSR count). The molecule has 0 saturated carbocycles. The van der Waals surface area contributed by atoms with Gasteiger partial charge in [0.05, 0.1) is 15.6 Å². The third-order valence-corrected chi connectivity index (χ3v) is 3.99. The molecule has 126 valence electrons. The van der Waals surface area contributed by atoms with Gasteiger partial charge in [0.15, 0.2) is 5.60 Å². The lowest BCUT2D eigenvalue weighted by Gasteiger charge is -2.25. The zero-order valence-corrected chi connectivity index (χ0v) is 15.2. The molecule has 0 saturated heterocycles. The number of nitro benzene ring substituents is 1. The van der Waals surface area contributed by atoms with Gasteiger partial charge in [0, 0.05) is 16.6 Å². The summed E-state index contributed by atoms with van der Waals surface area (Å²) in [7, 11) is 0. The number of halogens is 2. The van der Waals surface area contributed by atoms with E-state index in [0.717, 1.165) is 4.47 Å². The van der Waals surface area contributed by atoms with Crippen molar-refractivity contribution in [3.8, 4) is 5.75 Å². The molecule has 0 bridgehead atoms. The number of amides is 1. The topological polar surface area (TPSA) is 81.5 Å². The fourth-order valence-corrected chi connectivity index (χ4v) is 2.32. The second-order valence-electron chi connectivity index (χ2n) is 5.44. The monoisotopic (exact) mass is 412 g/mol. The average molecular weight is 414 g/mol. The van der Waals surface area contributed by atoms with Crippen molar-refractivity contribution >= 4 is 44.8 Å². The van der Waals surface area contributed by atoms with Gasteiger partial charge in [-0.1, -0.05) is 27.5 Å². The molecule has 0 unspecified atom stereocenters. The predicted molar refractivity (Wildman–Crippen MR) is 95.6 cm³/mol. The Hall–Kier alpha value is -2.12. The molecule has 2 aromatic rings. The Morgan fingerprint density at radius 1 is 1.25 bits per heavy atom. The van der Waals surface area contributed by atoms with E-state index in [9.17, 15) is 14.9 Å². The number of rotatable bonds is 5. The Morgan fingerprint density at radius 2 is 1.88 bits per heavy atom. The highest BCUT2D eigenvalue weighted by Crippen LogP contribution is 2.28. The zero-order chi connectivity index (χ0) is 17.9. The highest BCUT2D eigenvalue weighted by molar-refractivity contribution is 9.10. The summed E-state index contributed by atoms with van der Waals surface area (Å²) in [5, 5.41) is 13.4. The molecule has 0 aliphatic heterocycles. The van der Waals surface area contributed by atoms with E-state index in [1.54, 1.807) is 38.1 Å². The van der Waals surface area contributed by atoms with Crippen LogP contribution in [0.4, 0.5) is 11.4 Å². The van der Waals surface area contributed by atoms with Crippen molar-refractivity contribution in [3.63, 3.8) is 0 Å². The molecule has 0 aromatic heterocycles. The number of hydrogen-bond donors (Lipinski definition) is 1. The summed E-state index contributed by atoms with van der Waals surface area (Å²) in [5.41, 5.74) is -1.04. The highest BCUT2D eigenvalue weighted by atomic mass is 79.9. The number of non-ortho nitro benzene ring substituents is 1. The standard InChI is InChI=1S/C16H14BrClN2O4/c1-16(2,24-12-6-3-10(17)4-7-12)15(21)19-14-8-5-11(20(22)23)9-13(14)18/h3-9H,1-2H3,(H,19,21). The van der Waals surface area contributed by atoms with E-state index in [0.29, 0.717) is 5.75 Å². The van der Waals surface area contributed by atoms with Crippen molar-refractivity contribution in [3.05, 3.63) is 62.1 Å². The van der Waals surface area contributed by atoms with Crippen LogP contribution < -0.4 is 10.1 Å². The van der Waals surface area contributed by atoms with Crippen LogP contribution in [0.15, 0.2) is 46.9 Å². The molecule has 2 aromatic carbocycles. The van der Waals surface area contributed by atoms with Crippen LogP contribution in [0.1, 0.15) is 13.8 Å². The first-order chi connectivity index (χ1) is 11.2. The second kappa shape index (κ2) is 7.19. The molecule has 0 spiro atoms. The molecule has 6 nitrogen and oxygen atoms in total. The lowest BCUT2D eigenvalue weighted by molar-refractivity contribution is -0.384. The van der Waals surface area contributed by atoms with E-state index in [-0.39, 0.29) is 16.4 Å². The normalized spacial score (nSPS) is 11.0. The number of nitro groups is 1. The van der Waals surface area contributed by atoms with Crippen LogP contribution in [0.3, 0.4) is 0 Å². The Labute approximate surface area is 152 Å². The van der Waals surface area contributed by atoms with Crippen LogP contribution >= 0.6 is 27.5 Å². The SMILES string of the molecule is CC(C)(Oc1ccc(Br)cc1)C(=O)Nc1ccc([N+](=O)[O-])cc1Cl. The Kier molecular flexibility index (Phi) is 5.46. The molecular weight excluding hydrogens is 400 g/mol. The number of carbonyl (C=O) groups excluding carboxylic acids is 1. The number of hydrogen-bond acceptors (Lipinski definition) is 4. The maximum atomic E-state index is 12.4. The van der Waals surface area contributed by atoms with Gasteiger partial charge >= 0.3 is 0 Å². The Morgan fingerprint density at radius 3 is 2.42 bits per heavy atom. The fraction of sp³-hybridized carbons (Fsp3) is 0.188. The lowest BCUT2D eigenvalue weighted by Crippen LogP contribution is -2.42. The van der Waals surface area contributed by atoms with Crippen molar-refractivity contribution in [1.82, 2.24) is 0 Å². The van der Waals surface area contributed by atoms with Crippen molar-refractivity contribution in [1.29, 1.82) is 0 Å². The number of nitrogens with one attached hydrogen (secondary N) is 1. The molecule has 0 atom stereocenters. The van der Waals surface area contributed by atoms with Gasteiger partial charge < -0.3 is 10.1 Å². The molecule has 24 heavy (non-hydrogen) atoms. The van der Waals surface area contributed by atoms with Gasteiger partial charge in [-0.3, -0.25) is 14.9 Å². The molecular formula is C16H14BrClN2O4. The first kappa shape index (κ1) is 18.2. The summed E-state index contributed by atoms with van der Waals surface area (Å²) in [6.45, 7) is 3.23. The Bertz CT molecular complexity index is 778. The number of nitrogens with zero attached hydrogens (tertiary/aromatic N) is 1. The summed E-state index contributed by atoms with van der Waals surface area (Å²) in [6.07, 6.45) is 0. The molecule has 1 N–H and O–H groups in total. The van der Waals surface area contributed by atoms with Crippen molar-refractivity contribution in [2.45, 2.75) is 19.4 Å². The summed E-state index contributed by atoms with van der Waals surface area (Å²) in [4.78, 5) is 22.6. The highest BCUT2D eigenvalue weighted by Gasteiger charge is 2.30. The van der Waals surface area contributed by atoms with Gasteiger partial charge in [-0.05, 0) is 44.2 Å². The molecule has 0 fully saturated rings. The number of ether oxygens (including phenoxy) is 1. The minimum absolute atomic E-state index is 0.0805. The van der Waals surface area contributed by atoms with Crippen molar-refractivity contribution in [2.75, 3.05) is 5.32 Å². The molecule has 8 heteroatoms. The fourth-order valence-electron chi connectivity index (χ4n) is 1.84. The Balaban J connectivity index is 2.12. The number of benzene rings is 2. The first-order valence-corrected chi connectivity index (χ1v) is 8.06. The van der Waals surface area contributed by atoms with Crippen LogP contribution in [-0.4, -0.2) is 16.4 Å². The molecule has 0 radical (unpaired) electrons. The average Bonchev–Trinajstić information content (AvgIpc) is 2.51. The van der Waals surface area contributed by atoms with Crippen molar-refractivity contribution in [2.24, 2.45) is 0 Å². The van der Waals surface area contributed by atoms with E-state index in [1.165, 1.54) is 18.2 Å². The quantitative estimate of drug-likeness (QED) is 0.563. The number of anilines is 1. The van der Waals surface area contributed by atoms with Crippen LogP contribution in [0.2, 0.25) is 5.02 Å². The minimum atomic E-state index is -1.17. The molecule has 0 heterocycles.